The zero-order chi connectivity index (χ0) is 13.2. The minimum atomic E-state index is -3.44. The molecule has 2 heterocycles. The van der Waals surface area contributed by atoms with Gasteiger partial charge in [-0.3, -0.25) is 0 Å². The molecule has 6 heteroatoms. The van der Waals surface area contributed by atoms with E-state index < -0.39 is 10.0 Å². The summed E-state index contributed by atoms with van der Waals surface area (Å²) in [6.07, 6.45) is 0.921. The number of nitrogens with one attached hydrogen (secondary N) is 1. The summed E-state index contributed by atoms with van der Waals surface area (Å²) in [4.78, 5) is 0. The van der Waals surface area contributed by atoms with Crippen molar-refractivity contribution in [2.45, 2.75) is 31.9 Å². The van der Waals surface area contributed by atoms with Gasteiger partial charge in [0.1, 0.15) is 5.76 Å². The molecule has 0 radical (unpaired) electrons. The number of nitrogens with zero attached hydrogens (tertiary/aromatic N) is 1. The van der Waals surface area contributed by atoms with Crippen LogP contribution in [0.1, 0.15) is 26.0 Å². The van der Waals surface area contributed by atoms with Crippen LogP contribution in [0.2, 0.25) is 0 Å². The Kier molecular flexibility index (Phi) is 4.09. The molecule has 0 aliphatic carbocycles. The van der Waals surface area contributed by atoms with E-state index in [1.54, 1.807) is 12.1 Å². The van der Waals surface area contributed by atoms with E-state index in [0.717, 1.165) is 13.0 Å². The van der Waals surface area contributed by atoms with Gasteiger partial charge in [-0.15, -0.1) is 0 Å². The summed E-state index contributed by atoms with van der Waals surface area (Å²) in [6.45, 7) is 6.62. The van der Waals surface area contributed by atoms with Crippen LogP contribution in [0.25, 0.3) is 0 Å². The molecule has 0 bridgehead atoms. The molecule has 5 nitrogen and oxygen atoms in total. The Morgan fingerprint density at radius 1 is 1.50 bits per heavy atom. The fourth-order valence-electron chi connectivity index (χ4n) is 2.08. The lowest BCUT2D eigenvalue weighted by atomic mass is 10.2. The van der Waals surface area contributed by atoms with Gasteiger partial charge in [0.15, 0.2) is 0 Å². The van der Waals surface area contributed by atoms with Crippen LogP contribution < -0.4 is 5.32 Å². The fourth-order valence-corrected chi connectivity index (χ4v) is 3.58. The van der Waals surface area contributed by atoms with Gasteiger partial charge in [-0.25, -0.2) is 8.42 Å². The first kappa shape index (κ1) is 13.6. The molecule has 102 valence electrons. The average molecular weight is 272 g/mol. The van der Waals surface area contributed by atoms with Gasteiger partial charge in [-0.2, -0.15) is 4.31 Å². The largest absolute Gasteiger partial charge is 0.447 e. The van der Waals surface area contributed by atoms with Gasteiger partial charge in [-0.1, -0.05) is 13.8 Å². The first-order valence-electron chi connectivity index (χ1n) is 6.33. The Labute approximate surface area is 108 Å². The normalized spacial score (nSPS) is 21.6. The highest BCUT2D eigenvalue weighted by Crippen LogP contribution is 2.25. The van der Waals surface area contributed by atoms with E-state index in [9.17, 15) is 8.42 Å². The fraction of sp³-hybridized carbons (Fsp3) is 0.667. The molecular formula is C12H20N2O3S. The highest BCUT2D eigenvalue weighted by Gasteiger charge is 2.32. The summed E-state index contributed by atoms with van der Waals surface area (Å²) in [5.74, 6) is 1.08. The van der Waals surface area contributed by atoms with Gasteiger partial charge >= 0.3 is 0 Å². The van der Waals surface area contributed by atoms with Crippen LogP contribution in [0.3, 0.4) is 0 Å². The minimum Gasteiger partial charge on any atom is -0.447 e. The van der Waals surface area contributed by atoms with Crippen molar-refractivity contribution in [3.8, 4) is 0 Å². The topological polar surface area (TPSA) is 62.6 Å². The number of hydrogen-bond acceptors (Lipinski definition) is 4. The van der Waals surface area contributed by atoms with Crippen molar-refractivity contribution in [1.29, 1.82) is 0 Å². The summed E-state index contributed by atoms with van der Waals surface area (Å²) in [6, 6.07) is 3.26. The molecule has 1 aromatic heterocycles. The summed E-state index contributed by atoms with van der Waals surface area (Å²) in [5, 5.41) is 3.16. The Hall–Kier alpha value is -0.850. The van der Waals surface area contributed by atoms with Crippen LogP contribution >= 0.6 is 0 Å². The van der Waals surface area contributed by atoms with E-state index >= 15 is 0 Å². The van der Waals surface area contributed by atoms with Crippen molar-refractivity contribution in [2.75, 3.05) is 19.6 Å². The van der Waals surface area contributed by atoms with Crippen LogP contribution in [0.15, 0.2) is 21.6 Å². The lowest BCUT2D eigenvalue weighted by Crippen LogP contribution is -2.28. The third-order valence-electron chi connectivity index (χ3n) is 3.17. The number of furan rings is 1. The van der Waals surface area contributed by atoms with E-state index in [1.807, 2.05) is 6.92 Å². The third-order valence-corrected chi connectivity index (χ3v) is 4.91. The highest BCUT2D eigenvalue weighted by atomic mass is 32.2. The van der Waals surface area contributed by atoms with Gasteiger partial charge in [-0.05, 0) is 31.0 Å². The molecule has 1 aliphatic rings. The molecule has 0 spiro atoms. The van der Waals surface area contributed by atoms with Crippen LogP contribution in [-0.4, -0.2) is 32.4 Å². The quantitative estimate of drug-likeness (QED) is 0.880. The Bertz CT molecular complexity index is 495. The van der Waals surface area contributed by atoms with Gasteiger partial charge < -0.3 is 9.73 Å². The minimum absolute atomic E-state index is 0.0597. The van der Waals surface area contributed by atoms with E-state index in [1.165, 1.54) is 4.31 Å². The summed E-state index contributed by atoms with van der Waals surface area (Å²) in [7, 11) is -3.44. The second-order valence-electron chi connectivity index (χ2n) is 4.76. The molecule has 1 aromatic rings. The summed E-state index contributed by atoms with van der Waals surface area (Å²) < 4.78 is 31.5. The van der Waals surface area contributed by atoms with Crippen molar-refractivity contribution in [2.24, 2.45) is 5.92 Å². The average Bonchev–Trinajstić information content (AvgIpc) is 2.95. The molecule has 0 amide bonds. The second kappa shape index (κ2) is 5.42. The second-order valence-corrected chi connectivity index (χ2v) is 6.63. The van der Waals surface area contributed by atoms with Crippen molar-refractivity contribution in [3.63, 3.8) is 0 Å². The number of hydrogen-bond donors (Lipinski definition) is 1. The predicted octanol–water partition coefficient (Wildman–Crippen LogP) is 1.42. The smallest absolute Gasteiger partial charge is 0.276 e. The van der Waals surface area contributed by atoms with Crippen molar-refractivity contribution in [1.82, 2.24) is 9.62 Å². The molecule has 1 unspecified atom stereocenters. The molecule has 1 N–H and O–H groups in total. The Balaban J connectivity index is 2.12. The van der Waals surface area contributed by atoms with Gasteiger partial charge in [0.2, 0.25) is 5.09 Å². The molecule has 1 saturated heterocycles. The molecule has 0 aromatic carbocycles. The lowest BCUT2D eigenvalue weighted by molar-refractivity contribution is 0.380. The van der Waals surface area contributed by atoms with Crippen LogP contribution in [-0.2, 0) is 16.6 Å². The maximum absolute atomic E-state index is 12.3. The monoisotopic (exact) mass is 272 g/mol. The van der Waals surface area contributed by atoms with Crippen LogP contribution in [0.5, 0.6) is 0 Å². The Morgan fingerprint density at radius 2 is 2.28 bits per heavy atom. The summed E-state index contributed by atoms with van der Waals surface area (Å²) >= 11 is 0. The zero-order valence-electron chi connectivity index (χ0n) is 10.8. The van der Waals surface area contributed by atoms with Gasteiger partial charge in [0, 0.05) is 13.1 Å². The van der Waals surface area contributed by atoms with Gasteiger partial charge in [0.25, 0.3) is 10.0 Å². The molecular weight excluding hydrogens is 252 g/mol. The van der Waals surface area contributed by atoms with Crippen molar-refractivity contribution >= 4 is 10.0 Å². The van der Waals surface area contributed by atoms with Crippen LogP contribution in [0, 0.1) is 5.92 Å². The SMILES string of the molecule is CCNCc1ccc(S(=O)(=O)N2CCC(C)C2)o1. The van der Waals surface area contributed by atoms with E-state index in [4.69, 9.17) is 4.42 Å². The van der Waals surface area contributed by atoms with E-state index in [-0.39, 0.29) is 5.09 Å². The van der Waals surface area contributed by atoms with Crippen molar-refractivity contribution < 1.29 is 12.8 Å². The van der Waals surface area contributed by atoms with Gasteiger partial charge in [0.05, 0.1) is 6.54 Å². The third kappa shape index (κ3) is 2.76. The maximum atomic E-state index is 12.3. The lowest BCUT2D eigenvalue weighted by Gasteiger charge is -2.13. The molecule has 1 fully saturated rings. The van der Waals surface area contributed by atoms with E-state index in [0.29, 0.717) is 31.3 Å². The van der Waals surface area contributed by atoms with Crippen molar-refractivity contribution in [3.05, 3.63) is 17.9 Å². The molecule has 1 atom stereocenters. The summed E-state index contributed by atoms with van der Waals surface area (Å²) in [5.41, 5.74) is 0. The van der Waals surface area contributed by atoms with Crippen LogP contribution in [0.4, 0.5) is 0 Å². The molecule has 0 saturated carbocycles. The molecule has 2 rings (SSSR count). The Morgan fingerprint density at radius 3 is 2.89 bits per heavy atom. The van der Waals surface area contributed by atoms with E-state index in [2.05, 4.69) is 12.2 Å². The zero-order valence-corrected chi connectivity index (χ0v) is 11.7. The molecule has 1 aliphatic heterocycles. The number of sulfonamides is 1. The standard InChI is InChI=1S/C12H20N2O3S/c1-3-13-8-11-4-5-12(17-11)18(15,16)14-7-6-10(2)9-14/h4-5,10,13H,3,6-9H2,1-2H3. The first-order chi connectivity index (χ1) is 8.54. The highest BCUT2D eigenvalue weighted by molar-refractivity contribution is 7.89. The first-order valence-corrected chi connectivity index (χ1v) is 7.77. The number of rotatable bonds is 5. The maximum Gasteiger partial charge on any atom is 0.276 e. The molecule has 18 heavy (non-hydrogen) atoms. The predicted molar refractivity (Wildman–Crippen MR) is 68.6 cm³/mol.